The molecule has 0 spiro atoms. The normalized spacial score (nSPS) is 11.1. The number of nitrogens with one attached hydrogen (secondary N) is 1. The van der Waals surface area contributed by atoms with Crippen LogP contribution < -0.4 is 10.2 Å². The second kappa shape index (κ2) is 8.93. The number of anilines is 1. The first-order chi connectivity index (χ1) is 9.67. The van der Waals surface area contributed by atoms with Crippen LogP contribution in [0.3, 0.4) is 0 Å². The van der Waals surface area contributed by atoms with E-state index in [0.29, 0.717) is 6.04 Å². The average Bonchev–Trinajstić information content (AvgIpc) is 2.46. The Morgan fingerprint density at radius 3 is 2.60 bits per heavy atom. The Kier molecular flexibility index (Phi) is 7.55. The molecule has 114 valence electrons. The molecule has 0 fully saturated rings. The summed E-state index contributed by atoms with van der Waals surface area (Å²) in [6, 6.07) is 2.74. The molecular formula is C16H29N3O. The molecule has 0 saturated carbocycles. The Morgan fingerprint density at radius 1 is 1.35 bits per heavy atom. The summed E-state index contributed by atoms with van der Waals surface area (Å²) >= 11 is 0. The molecular weight excluding hydrogens is 250 g/mol. The number of ether oxygens (including phenoxy) is 1. The van der Waals surface area contributed by atoms with Crippen LogP contribution >= 0.6 is 0 Å². The molecule has 0 radical (unpaired) electrons. The van der Waals surface area contributed by atoms with Crippen molar-refractivity contribution in [3.63, 3.8) is 0 Å². The Balaban J connectivity index is 3.12. The van der Waals surface area contributed by atoms with E-state index in [1.54, 1.807) is 7.11 Å². The molecule has 1 N–H and O–H groups in total. The highest BCUT2D eigenvalue weighted by Gasteiger charge is 2.18. The zero-order chi connectivity index (χ0) is 15.0. The number of nitrogens with zero attached hydrogens (tertiary/aromatic N) is 2. The van der Waals surface area contributed by atoms with E-state index in [1.807, 2.05) is 20.2 Å². The third-order valence-electron chi connectivity index (χ3n) is 3.69. The van der Waals surface area contributed by atoms with E-state index in [4.69, 9.17) is 4.74 Å². The molecule has 0 amide bonds. The monoisotopic (exact) mass is 279 g/mol. The van der Waals surface area contributed by atoms with Crippen molar-refractivity contribution in [3.05, 3.63) is 23.5 Å². The number of aryl methyl sites for hydroxylation is 1. The van der Waals surface area contributed by atoms with E-state index < -0.39 is 0 Å². The zero-order valence-electron chi connectivity index (χ0n) is 13.6. The molecule has 0 unspecified atom stereocenters. The summed E-state index contributed by atoms with van der Waals surface area (Å²) in [6.45, 7) is 9.06. The third kappa shape index (κ3) is 4.46. The Bertz CT molecular complexity index is 391. The average molecular weight is 279 g/mol. The summed E-state index contributed by atoms with van der Waals surface area (Å²) in [6.07, 6.45) is 4.27. The Hall–Kier alpha value is -1.13. The third-order valence-corrected chi connectivity index (χ3v) is 3.69. The quantitative estimate of drug-likeness (QED) is 0.754. The van der Waals surface area contributed by atoms with Gasteiger partial charge in [-0.2, -0.15) is 0 Å². The van der Waals surface area contributed by atoms with E-state index in [-0.39, 0.29) is 0 Å². The molecule has 1 aromatic rings. The van der Waals surface area contributed by atoms with Crippen LogP contribution in [0.1, 0.15) is 37.9 Å². The first-order valence-electron chi connectivity index (χ1n) is 7.53. The van der Waals surface area contributed by atoms with Crippen LogP contribution in [-0.2, 0) is 11.3 Å². The lowest BCUT2D eigenvalue weighted by atomic mass is 10.1. The van der Waals surface area contributed by atoms with E-state index in [2.05, 4.69) is 35.1 Å². The molecule has 0 aliphatic carbocycles. The highest BCUT2D eigenvalue weighted by molar-refractivity contribution is 5.54. The van der Waals surface area contributed by atoms with Gasteiger partial charge in [-0.3, -0.25) is 4.98 Å². The molecule has 0 aromatic carbocycles. The van der Waals surface area contributed by atoms with Crippen LogP contribution in [-0.4, -0.2) is 38.3 Å². The van der Waals surface area contributed by atoms with E-state index in [0.717, 1.165) is 38.2 Å². The maximum Gasteiger partial charge on any atom is 0.0637 e. The van der Waals surface area contributed by atoms with Crippen LogP contribution in [0.2, 0.25) is 0 Å². The van der Waals surface area contributed by atoms with Gasteiger partial charge in [0.1, 0.15) is 0 Å². The van der Waals surface area contributed by atoms with Gasteiger partial charge < -0.3 is 15.0 Å². The van der Waals surface area contributed by atoms with Crippen molar-refractivity contribution < 1.29 is 4.74 Å². The summed E-state index contributed by atoms with van der Waals surface area (Å²) in [5.74, 6) is 0. The van der Waals surface area contributed by atoms with E-state index in [1.165, 1.54) is 11.3 Å². The molecule has 0 aliphatic heterocycles. The minimum Gasteiger partial charge on any atom is -0.383 e. The minimum atomic E-state index is 0.544. The molecule has 1 rings (SSSR count). The molecule has 1 heterocycles. The fraction of sp³-hybridized carbons (Fsp3) is 0.688. The van der Waals surface area contributed by atoms with Crippen LogP contribution in [0.25, 0.3) is 0 Å². The molecule has 4 nitrogen and oxygen atoms in total. The van der Waals surface area contributed by atoms with Crippen molar-refractivity contribution in [1.29, 1.82) is 0 Å². The van der Waals surface area contributed by atoms with Gasteiger partial charge in [-0.1, -0.05) is 13.8 Å². The smallest absolute Gasteiger partial charge is 0.0637 e. The molecule has 0 saturated heterocycles. The van der Waals surface area contributed by atoms with Gasteiger partial charge in [0.25, 0.3) is 0 Å². The van der Waals surface area contributed by atoms with Crippen molar-refractivity contribution in [1.82, 2.24) is 10.3 Å². The van der Waals surface area contributed by atoms with Crippen LogP contribution in [0.15, 0.2) is 12.3 Å². The van der Waals surface area contributed by atoms with Crippen molar-refractivity contribution in [2.24, 2.45) is 0 Å². The molecule has 20 heavy (non-hydrogen) atoms. The second-order valence-electron chi connectivity index (χ2n) is 5.14. The summed E-state index contributed by atoms with van der Waals surface area (Å²) in [5, 5.41) is 3.23. The zero-order valence-corrected chi connectivity index (χ0v) is 13.6. The number of hydrogen-bond donors (Lipinski definition) is 1. The van der Waals surface area contributed by atoms with Crippen molar-refractivity contribution in [2.75, 3.05) is 32.2 Å². The Morgan fingerprint density at radius 2 is 2.05 bits per heavy atom. The number of aromatic nitrogens is 1. The number of rotatable bonds is 9. The maximum absolute atomic E-state index is 5.29. The molecule has 0 aliphatic rings. The number of pyridine rings is 1. The number of hydrogen-bond acceptors (Lipinski definition) is 4. The topological polar surface area (TPSA) is 37.4 Å². The van der Waals surface area contributed by atoms with Gasteiger partial charge >= 0.3 is 0 Å². The standard InChI is InChI=1S/C16H29N3O/c1-6-15(7-2)19(8-9-20-5)16-10-13(3)18-12-14(16)11-17-4/h10,12,15,17H,6-9,11H2,1-5H3. The van der Waals surface area contributed by atoms with Gasteiger partial charge in [0.2, 0.25) is 0 Å². The van der Waals surface area contributed by atoms with E-state index >= 15 is 0 Å². The van der Waals surface area contributed by atoms with Crippen LogP contribution in [0.5, 0.6) is 0 Å². The Labute approximate surface area is 123 Å². The van der Waals surface area contributed by atoms with E-state index in [9.17, 15) is 0 Å². The van der Waals surface area contributed by atoms with Crippen molar-refractivity contribution in [2.45, 2.75) is 46.2 Å². The molecule has 0 bridgehead atoms. The maximum atomic E-state index is 5.29. The SMILES string of the molecule is CCC(CC)N(CCOC)c1cc(C)ncc1CNC. The lowest BCUT2D eigenvalue weighted by Gasteiger charge is -2.34. The van der Waals surface area contributed by atoms with Gasteiger partial charge in [-0.05, 0) is 32.9 Å². The van der Waals surface area contributed by atoms with Crippen molar-refractivity contribution in [3.8, 4) is 0 Å². The lowest BCUT2D eigenvalue weighted by Crippen LogP contribution is -2.38. The van der Waals surface area contributed by atoms with Crippen LogP contribution in [0.4, 0.5) is 5.69 Å². The highest BCUT2D eigenvalue weighted by atomic mass is 16.5. The predicted octanol–water partition coefficient (Wildman–Crippen LogP) is 2.75. The van der Waals surface area contributed by atoms with Gasteiger partial charge in [-0.25, -0.2) is 0 Å². The summed E-state index contributed by atoms with van der Waals surface area (Å²) in [7, 11) is 3.73. The predicted molar refractivity (Wildman–Crippen MR) is 85.3 cm³/mol. The summed E-state index contributed by atoms with van der Waals surface area (Å²) in [4.78, 5) is 6.91. The molecule has 1 aromatic heterocycles. The summed E-state index contributed by atoms with van der Waals surface area (Å²) in [5.41, 5.74) is 3.60. The largest absolute Gasteiger partial charge is 0.383 e. The van der Waals surface area contributed by atoms with Crippen LogP contribution in [0, 0.1) is 6.92 Å². The molecule has 4 heteroatoms. The highest BCUT2D eigenvalue weighted by Crippen LogP contribution is 2.25. The number of methoxy groups -OCH3 is 1. The van der Waals surface area contributed by atoms with Crippen molar-refractivity contribution >= 4 is 5.69 Å². The van der Waals surface area contributed by atoms with Gasteiger partial charge in [-0.15, -0.1) is 0 Å². The summed E-state index contributed by atoms with van der Waals surface area (Å²) < 4.78 is 5.29. The van der Waals surface area contributed by atoms with Gasteiger partial charge in [0.05, 0.1) is 6.61 Å². The van der Waals surface area contributed by atoms with Gasteiger partial charge in [0.15, 0.2) is 0 Å². The first-order valence-corrected chi connectivity index (χ1v) is 7.53. The fourth-order valence-corrected chi connectivity index (χ4v) is 2.59. The second-order valence-corrected chi connectivity index (χ2v) is 5.14. The first kappa shape index (κ1) is 16.9. The lowest BCUT2D eigenvalue weighted by molar-refractivity contribution is 0.202. The minimum absolute atomic E-state index is 0.544. The fourth-order valence-electron chi connectivity index (χ4n) is 2.59. The molecule has 0 atom stereocenters. The van der Waals surface area contributed by atoms with Gasteiger partial charge in [0, 0.05) is 49.4 Å².